The second kappa shape index (κ2) is 13.2. The van der Waals surface area contributed by atoms with Crippen LogP contribution in [0.4, 0.5) is 0 Å². The van der Waals surface area contributed by atoms with E-state index >= 15 is 0 Å². The molecule has 3 aromatic rings. The minimum absolute atomic E-state index is 0.00893. The first-order valence-electron chi connectivity index (χ1n) is 20.2. The van der Waals surface area contributed by atoms with Gasteiger partial charge in [-0.25, -0.2) is 0 Å². The van der Waals surface area contributed by atoms with Crippen LogP contribution in [0.3, 0.4) is 0 Å². The number of nitrogens with zero attached hydrogens (tertiary/aromatic N) is 1. The van der Waals surface area contributed by atoms with Crippen LogP contribution in [0.5, 0.6) is 0 Å². The number of fused-ring (bicyclic) bond motifs is 12. The Labute approximate surface area is 326 Å². The summed E-state index contributed by atoms with van der Waals surface area (Å²) < 4.78 is 0.0539. The number of carbonyl (C=O) groups is 2. The van der Waals surface area contributed by atoms with Crippen molar-refractivity contribution in [3.05, 3.63) is 152 Å². The van der Waals surface area contributed by atoms with Crippen molar-refractivity contribution < 1.29 is 9.59 Å². The molecule has 0 radical (unpaired) electrons. The van der Waals surface area contributed by atoms with E-state index in [0.29, 0.717) is 12.8 Å². The Morgan fingerprint density at radius 1 is 0.778 bits per heavy atom. The van der Waals surface area contributed by atoms with Gasteiger partial charge in [-0.05, 0) is 136 Å². The molecule has 4 nitrogen and oxygen atoms in total. The molecule has 7 atom stereocenters. The summed E-state index contributed by atoms with van der Waals surface area (Å²) in [7, 11) is 0. The third kappa shape index (κ3) is 5.28. The molecular weight excluding hydrogens is 728 g/mol. The van der Waals surface area contributed by atoms with Gasteiger partial charge in [-0.3, -0.25) is 15.1 Å². The van der Waals surface area contributed by atoms with Crippen LogP contribution < -0.4 is 15.9 Å². The molecule has 0 saturated carbocycles. The highest BCUT2D eigenvalue weighted by Crippen LogP contribution is 2.63. The minimum Gasteiger partial charge on any atom is -0.300 e. The van der Waals surface area contributed by atoms with Gasteiger partial charge in [-0.15, -0.1) is 0 Å². The molecule has 54 heavy (non-hydrogen) atoms. The number of hydrogen-bond acceptors (Lipinski definition) is 4. The number of carbonyl (C=O) groups excluding carboxylic acids is 2. The molecule has 10 rings (SSSR count). The Balaban J connectivity index is 1.18. The zero-order valence-electron chi connectivity index (χ0n) is 31.0. The molecule has 5 heteroatoms. The zero-order valence-corrected chi connectivity index (χ0v) is 32.6. The maximum Gasteiger partial charge on any atom is 0.197 e. The van der Waals surface area contributed by atoms with Crippen molar-refractivity contribution in [3.63, 3.8) is 0 Å². The van der Waals surface area contributed by atoms with Crippen LogP contribution in [0.2, 0.25) is 0 Å². The lowest BCUT2D eigenvalue weighted by Crippen LogP contribution is -2.45. The van der Waals surface area contributed by atoms with Gasteiger partial charge in [0.05, 0.1) is 17.4 Å². The highest BCUT2D eigenvalue weighted by molar-refractivity contribution is 9.18. The summed E-state index contributed by atoms with van der Waals surface area (Å²) in [5.74, 6) is 0.546. The van der Waals surface area contributed by atoms with E-state index < -0.39 is 0 Å². The van der Waals surface area contributed by atoms with Gasteiger partial charge in [0.15, 0.2) is 4.69 Å². The Morgan fingerprint density at radius 2 is 1.46 bits per heavy atom. The lowest BCUT2D eigenvalue weighted by atomic mass is 9.60. The normalized spacial score (nSPS) is 30.0. The van der Waals surface area contributed by atoms with Crippen molar-refractivity contribution in [2.24, 2.45) is 16.8 Å². The maximum absolute atomic E-state index is 13.1. The van der Waals surface area contributed by atoms with Crippen molar-refractivity contribution in [1.29, 1.82) is 0 Å². The van der Waals surface area contributed by atoms with Crippen molar-refractivity contribution in [1.82, 2.24) is 5.32 Å². The molecule has 2 heterocycles. The molecule has 0 spiro atoms. The first kappa shape index (κ1) is 34.3. The average molecular weight is 776 g/mol. The predicted molar refractivity (Wildman–Crippen MR) is 221 cm³/mol. The molecule has 0 amide bonds. The van der Waals surface area contributed by atoms with E-state index in [-0.39, 0.29) is 51.3 Å². The number of para-hydroxylation sites is 1. The number of benzene rings is 3. The summed E-state index contributed by atoms with van der Waals surface area (Å²) in [5.41, 5.74) is 11.9. The predicted octanol–water partition coefficient (Wildman–Crippen LogP) is 9.11. The Bertz CT molecular complexity index is 2400. The van der Waals surface area contributed by atoms with Crippen LogP contribution in [-0.2, 0) is 33.3 Å². The second-order valence-corrected chi connectivity index (χ2v) is 17.7. The lowest BCUT2D eigenvalue weighted by Gasteiger charge is -2.45. The summed E-state index contributed by atoms with van der Waals surface area (Å²) >= 11 is 3.37. The van der Waals surface area contributed by atoms with E-state index in [4.69, 9.17) is 4.99 Å². The fourth-order valence-electron chi connectivity index (χ4n) is 11.8. The van der Waals surface area contributed by atoms with E-state index in [1.165, 1.54) is 55.3 Å². The fraction of sp³-hybridized carbons (Fsp3) is 0.367. The van der Waals surface area contributed by atoms with Crippen LogP contribution in [-0.4, -0.2) is 16.5 Å². The first-order chi connectivity index (χ1) is 26.4. The fourth-order valence-corrected chi connectivity index (χ4v) is 12.0. The maximum atomic E-state index is 13.1. The molecular formula is C49H47BrN2O2. The van der Waals surface area contributed by atoms with E-state index in [9.17, 15) is 9.59 Å². The lowest BCUT2D eigenvalue weighted by molar-refractivity contribution is -0.117. The van der Waals surface area contributed by atoms with Gasteiger partial charge in [-0.1, -0.05) is 103 Å². The number of allylic oxidation sites excluding steroid dienone is 4. The topological polar surface area (TPSA) is 58.5 Å². The number of nitrogens with one attached hydrogen (secondary N) is 1. The molecule has 7 aliphatic rings. The third-order valence-corrected chi connectivity index (χ3v) is 14.6. The zero-order chi connectivity index (χ0) is 36.6. The van der Waals surface area contributed by atoms with Crippen LogP contribution in [0, 0.1) is 11.8 Å². The van der Waals surface area contributed by atoms with Gasteiger partial charge in [0.25, 0.3) is 0 Å². The SMILES string of the molecule is CC(=O)CCC1(CCC2(CCC(=O)Br)c3ccc4c(c3C3N=c5ccccc5=CC32)C=CCC4)c2ccc3c(c2C2NC4C=CC=CC4=CC21)C=CCC3. The Morgan fingerprint density at radius 3 is 2.20 bits per heavy atom. The van der Waals surface area contributed by atoms with Crippen LogP contribution >= 0.6 is 15.9 Å². The van der Waals surface area contributed by atoms with Crippen molar-refractivity contribution in [3.8, 4) is 0 Å². The molecule has 0 fully saturated rings. The number of hydrogen-bond donors (Lipinski definition) is 1. The number of rotatable bonds is 9. The Hall–Kier alpha value is -4.19. The van der Waals surface area contributed by atoms with Crippen molar-refractivity contribution >= 4 is 44.6 Å². The molecule has 5 aliphatic carbocycles. The van der Waals surface area contributed by atoms with Gasteiger partial charge in [-0.2, -0.15) is 0 Å². The smallest absolute Gasteiger partial charge is 0.197 e. The molecule has 1 N–H and O–H groups in total. The molecule has 3 aromatic carbocycles. The highest BCUT2D eigenvalue weighted by atomic mass is 79.9. The molecule has 272 valence electrons. The van der Waals surface area contributed by atoms with E-state index in [1.807, 2.05) is 0 Å². The van der Waals surface area contributed by atoms with Gasteiger partial charge >= 0.3 is 0 Å². The molecule has 0 aromatic heterocycles. The quantitative estimate of drug-likeness (QED) is 0.221. The number of aryl methyl sites for hydroxylation is 2. The molecule has 0 bridgehead atoms. The number of ketones is 1. The summed E-state index contributed by atoms with van der Waals surface area (Å²) in [6, 6.07) is 18.5. The summed E-state index contributed by atoms with van der Waals surface area (Å²) in [5, 5.41) is 6.39. The number of Topliss-reactive ketones (excluding diaryl/α,β-unsaturated/α-hetero) is 1. The average Bonchev–Trinajstić information content (AvgIpc) is 3.63. The standard InChI is InChI=1S/C49H47BrN2O2/c1-30(53)22-24-48(37-20-18-31-10-2-6-14-35(31)44(37)46-39(48)28-33-12-4-8-16-41(33)51-46)26-27-49(25-23-43(50)54)38-21-19-32-11-3-7-15-36(32)45(38)47-40(49)29-34-13-5-9-17-42(34)52-47/h4-9,12-21,28-29,39-41,46-47,51H,2-3,10-11,22-27H2,1H3. The van der Waals surface area contributed by atoms with Crippen molar-refractivity contribution in [2.75, 3.05) is 0 Å². The van der Waals surface area contributed by atoms with Crippen LogP contribution in [0.25, 0.3) is 18.2 Å². The van der Waals surface area contributed by atoms with E-state index in [0.717, 1.165) is 56.7 Å². The monoisotopic (exact) mass is 774 g/mol. The van der Waals surface area contributed by atoms with Crippen LogP contribution in [0.15, 0.2) is 102 Å². The summed E-state index contributed by atoms with van der Waals surface area (Å²) in [6.07, 6.45) is 31.9. The van der Waals surface area contributed by atoms with Crippen LogP contribution in [0.1, 0.15) is 115 Å². The summed E-state index contributed by atoms with van der Waals surface area (Å²) in [6.45, 7) is 1.76. The highest BCUT2D eigenvalue weighted by Gasteiger charge is 2.57. The largest absolute Gasteiger partial charge is 0.300 e. The van der Waals surface area contributed by atoms with Crippen molar-refractivity contribution in [2.45, 2.75) is 100 Å². The minimum atomic E-state index is -0.318. The molecule has 2 aliphatic heterocycles. The van der Waals surface area contributed by atoms with Gasteiger partial charge in [0.2, 0.25) is 0 Å². The Kier molecular flexibility index (Phi) is 8.41. The molecule has 0 saturated heterocycles. The number of halogens is 1. The second-order valence-electron chi connectivity index (χ2n) is 16.8. The molecule has 7 unspecified atom stereocenters. The third-order valence-electron chi connectivity index (χ3n) is 14.2. The van der Waals surface area contributed by atoms with E-state index in [1.54, 1.807) is 6.92 Å². The van der Waals surface area contributed by atoms with Gasteiger partial charge < -0.3 is 4.79 Å². The van der Waals surface area contributed by atoms with Gasteiger partial charge in [0, 0.05) is 41.5 Å². The first-order valence-corrected chi connectivity index (χ1v) is 21.0. The summed E-state index contributed by atoms with van der Waals surface area (Å²) in [4.78, 5) is 31.6. The van der Waals surface area contributed by atoms with E-state index in [2.05, 4.69) is 131 Å². The van der Waals surface area contributed by atoms with Gasteiger partial charge in [0.1, 0.15) is 5.78 Å².